The molecule has 0 fully saturated rings. The van der Waals surface area contributed by atoms with Crippen LogP contribution in [0.3, 0.4) is 0 Å². The smallest absolute Gasteiger partial charge is 0.174 e. The van der Waals surface area contributed by atoms with Gasteiger partial charge in [0.15, 0.2) is 5.82 Å². The van der Waals surface area contributed by atoms with Crippen molar-refractivity contribution in [3.63, 3.8) is 0 Å². The molecular formula is C8H6N4S. The SMILES string of the molecule is C1=C2N=NCN2C=c2sccc2=N1. The zero-order valence-electron chi connectivity index (χ0n) is 6.71. The Bertz CT molecular complexity index is 510. The lowest BCUT2D eigenvalue weighted by Crippen LogP contribution is -2.21. The summed E-state index contributed by atoms with van der Waals surface area (Å²) in [5.41, 5.74) is 0. The Morgan fingerprint density at radius 1 is 1.46 bits per heavy atom. The van der Waals surface area contributed by atoms with Crippen molar-refractivity contribution in [3.05, 3.63) is 33.4 Å². The highest BCUT2D eigenvalue weighted by Gasteiger charge is 2.13. The van der Waals surface area contributed by atoms with E-state index in [-0.39, 0.29) is 0 Å². The van der Waals surface area contributed by atoms with Gasteiger partial charge in [-0.05, 0) is 11.4 Å². The highest BCUT2D eigenvalue weighted by molar-refractivity contribution is 7.07. The molecule has 13 heavy (non-hydrogen) atoms. The highest BCUT2D eigenvalue weighted by atomic mass is 32.1. The third kappa shape index (κ3) is 1.01. The van der Waals surface area contributed by atoms with Crippen LogP contribution in [0, 0.1) is 0 Å². The molecule has 0 spiro atoms. The summed E-state index contributed by atoms with van der Waals surface area (Å²) in [5, 5.41) is 10.9. The number of thiophene rings is 1. The van der Waals surface area contributed by atoms with Crippen molar-refractivity contribution < 1.29 is 0 Å². The lowest BCUT2D eigenvalue weighted by Gasteiger charge is -2.06. The first kappa shape index (κ1) is 6.97. The van der Waals surface area contributed by atoms with Gasteiger partial charge >= 0.3 is 0 Å². The molecule has 0 aliphatic carbocycles. The molecule has 0 radical (unpaired) electrons. The molecule has 5 heteroatoms. The third-order valence-electron chi connectivity index (χ3n) is 1.95. The number of rotatable bonds is 0. The fourth-order valence-electron chi connectivity index (χ4n) is 1.30. The Morgan fingerprint density at radius 3 is 3.46 bits per heavy atom. The molecule has 0 atom stereocenters. The summed E-state index contributed by atoms with van der Waals surface area (Å²) in [5.74, 6) is 0.823. The van der Waals surface area contributed by atoms with E-state index >= 15 is 0 Å². The molecule has 1 aromatic rings. The summed E-state index contributed by atoms with van der Waals surface area (Å²) >= 11 is 1.68. The normalized spacial score (nSPS) is 18.2. The summed E-state index contributed by atoms with van der Waals surface area (Å²) in [4.78, 5) is 6.30. The van der Waals surface area contributed by atoms with Crippen LogP contribution in [-0.2, 0) is 0 Å². The molecule has 0 unspecified atom stereocenters. The molecule has 3 rings (SSSR count). The Hall–Kier alpha value is -1.49. The van der Waals surface area contributed by atoms with Crippen molar-refractivity contribution in [2.24, 2.45) is 15.2 Å². The Morgan fingerprint density at radius 2 is 2.46 bits per heavy atom. The summed E-state index contributed by atoms with van der Waals surface area (Å²) in [7, 11) is 0. The van der Waals surface area contributed by atoms with Crippen LogP contribution < -0.4 is 9.89 Å². The molecule has 0 aromatic carbocycles. The van der Waals surface area contributed by atoms with Gasteiger partial charge < -0.3 is 4.90 Å². The largest absolute Gasteiger partial charge is 0.307 e. The van der Waals surface area contributed by atoms with Crippen LogP contribution in [-0.4, -0.2) is 11.6 Å². The van der Waals surface area contributed by atoms with Crippen molar-refractivity contribution in [3.8, 4) is 0 Å². The number of hydrogen-bond acceptors (Lipinski definition) is 5. The van der Waals surface area contributed by atoms with E-state index in [4.69, 9.17) is 0 Å². The molecule has 3 heterocycles. The van der Waals surface area contributed by atoms with Gasteiger partial charge in [-0.1, -0.05) is 0 Å². The fraction of sp³-hybridized carbons (Fsp3) is 0.125. The zero-order chi connectivity index (χ0) is 8.67. The molecule has 0 saturated heterocycles. The van der Waals surface area contributed by atoms with Crippen LogP contribution in [0.5, 0.6) is 0 Å². The minimum atomic E-state index is 0.610. The summed E-state index contributed by atoms with van der Waals surface area (Å²) in [6.45, 7) is 0.610. The first-order chi connectivity index (χ1) is 6.43. The Kier molecular flexibility index (Phi) is 1.34. The van der Waals surface area contributed by atoms with Crippen LogP contribution >= 0.6 is 11.3 Å². The molecule has 0 saturated carbocycles. The van der Waals surface area contributed by atoms with E-state index in [2.05, 4.69) is 15.2 Å². The summed E-state index contributed by atoms with van der Waals surface area (Å²) in [6.07, 6.45) is 3.80. The standard InChI is InChI=1S/C8H6N4S/c1-2-13-7-4-12-5-10-11-8(12)3-9-6(1)7/h1-4H,5H2. The predicted molar refractivity (Wildman–Crippen MR) is 49.2 cm³/mol. The van der Waals surface area contributed by atoms with Gasteiger partial charge in [-0.2, -0.15) is 5.11 Å². The minimum Gasteiger partial charge on any atom is -0.307 e. The summed E-state index contributed by atoms with van der Waals surface area (Å²) < 4.78 is 1.17. The Balaban J connectivity index is 2.29. The maximum Gasteiger partial charge on any atom is 0.174 e. The first-order valence-corrected chi connectivity index (χ1v) is 4.79. The maximum atomic E-state index is 4.31. The lowest BCUT2D eigenvalue weighted by atomic mass is 10.5. The molecule has 64 valence electrons. The predicted octanol–water partition coefficient (Wildman–Crippen LogP) is 0.644. The number of fused-ring (bicyclic) bond motifs is 2. The van der Waals surface area contributed by atoms with Crippen molar-refractivity contribution in [2.45, 2.75) is 0 Å². The van der Waals surface area contributed by atoms with Gasteiger partial charge in [0.25, 0.3) is 0 Å². The van der Waals surface area contributed by atoms with E-state index in [1.165, 1.54) is 4.53 Å². The van der Waals surface area contributed by atoms with Crippen LogP contribution in [0.4, 0.5) is 0 Å². The van der Waals surface area contributed by atoms with E-state index in [0.717, 1.165) is 11.2 Å². The van der Waals surface area contributed by atoms with Gasteiger partial charge in [-0.25, -0.2) is 0 Å². The second-order valence-corrected chi connectivity index (χ2v) is 3.72. The molecule has 4 nitrogen and oxygen atoms in total. The van der Waals surface area contributed by atoms with E-state index < -0.39 is 0 Å². The molecule has 2 aliphatic rings. The quantitative estimate of drug-likeness (QED) is 0.592. The first-order valence-electron chi connectivity index (χ1n) is 3.91. The van der Waals surface area contributed by atoms with Crippen molar-refractivity contribution in [1.82, 2.24) is 4.90 Å². The van der Waals surface area contributed by atoms with Crippen molar-refractivity contribution in [1.29, 1.82) is 0 Å². The number of azo groups is 1. The van der Waals surface area contributed by atoms with Gasteiger partial charge in [0.1, 0.15) is 6.67 Å². The van der Waals surface area contributed by atoms with Crippen LogP contribution in [0.25, 0.3) is 6.20 Å². The Labute approximate surface area is 78.2 Å². The average molecular weight is 190 g/mol. The van der Waals surface area contributed by atoms with E-state index in [0.29, 0.717) is 6.67 Å². The van der Waals surface area contributed by atoms with Crippen LogP contribution in [0.1, 0.15) is 0 Å². The average Bonchev–Trinajstić information content (AvgIpc) is 2.72. The molecule has 0 N–H and O–H groups in total. The number of hydrogen-bond donors (Lipinski definition) is 0. The molecule has 2 aliphatic heterocycles. The van der Waals surface area contributed by atoms with Crippen molar-refractivity contribution in [2.75, 3.05) is 6.67 Å². The number of nitrogens with zero attached hydrogens (tertiary/aromatic N) is 4. The topological polar surface area (TPSA) is 40.3 Å². The maximum absolute atomic E-state index is 4.31. The minimum absolute atomic E-state index is 0.610. The van der Waals surface area contributed by atoms with Crippen LogP contribution in [0.2, 0.25) is 0 Å². The van der Waals surface area contributed by atoms with E-state index in [9.17, 15) is 0 Å². The van der Waals surface area contributed by atoms with Gasteiger partial charge in [-0.15, -0.1) is 16.5 Å². The van der Waals surface area contributed by atoms with Gasteiger partial charge in [0, 0.05) is 6.20 Å². The lowest BCUT2D eigenvalue weighted by molar-refractivity contribution is 0.569. The van der Waals surface area contributed by atoms with Crippen molar-refractivity contribution >= 4 is 17.5 Å². The highest BCUT2D eigenvalue weighted by Crippen LogP contribution is 2.15. The van der Waals surface area contributed by atoms with Gasteiger partial charge in [0.05, 0.1) is 16.1 Å². The summed E-state index contributed by atoms with van der Waals surface area (Å²) in [6, 6.07) is 2.01. The zero-order valence-corrected chi connectivity index (χ0v) is 7.53. The van der Waals surface area contributed by atoms with E-state index in [1.54, 1.807) is 17.5 Å². The second kappa shape index (κ2) is 2.50. The molecule has 0 amide bonds. The van der Waals surface area contributed by atoms with Gasteiger partial charge in [-0.3, -0.25) is 4.99 Å². The second-order valence-electron chi connectivity index (χ2n) is 2.77. The fourth-order valence-corrected chi connectivity index (χ4v) is 2.07. The third-order valence-corrected chi connectivity index (χ3v) is 2.79. The van der Waals surface area contributed by atoms with Gasteiger partial charge in [0.2, 0.25) is 0 Å². The van der Waals surface area contributed by atoms with Crippen LogP contribution in [0.15, 0.2) is 38.7 Å². The molecule has 1 aromatic heterocycles. The molecule has 0 bridgehead atoms. The van der Waals surface area contributed by atoms with E-state index in [1.807, 2.05) is 22.5 Å². The monoisotopic (exact) mass is 190 g/mol. The molecular weight excluding hydrogens is 184 g/mol.